The molecule has 0 bridgehead atoms. The number of ether oxygens (including phenoxy) is 2. The van der Waals surface area contributed by atoms with Gasteiger partial charge in [0.1, 0.15) is 5.92 Å². The summed E-state index contributed by atoms with van der Waals surface area (Å²) < 4.78 is 10.6. The average Bonchev–Trinajstić information content (AvgIpc) is 2.86. The van der Waals surface area contributed by atoms with Crippen LogP contribution in [0.1, 0.15) is 24.8 Å². The molecule has 0 aliphatic carbocycles. The molecule has 2 heterocycles. The first-order valence-electron chi connectivity index (χ1n) is 7.52. The van der Waals surface area contributed by atoms with Crippen molar-refractivity contribution in [2.45, 2.75) is 26.2 Å². The molecule has 0 aromatic heterocycles. The van der Waals surface area contributed by atoms with Crippen molar-refractivity contribution in [3.05, 3.63) is 17.7 Å². The molecule has 1 atom stereocenters. The first-order valence-corrected chi connectivity index (χ1v) is 7.52. The van der Waals surface area contributed by atoms with E-state index in [-0.39, 0.29) is 18.6 Å². The third-order valence-electron chi connectivity index (χ3n) is 4.20. The Bertz CT molecular complexity index is 614. The van der Waals surface area contributed by atoms with Gasteiger partial charge in [0.15, 0.2) is 11.5 Å². The number of rotatable bonds is 2. The molecule has 1 fully saturated rings. The Labute approximate surface area is 129 Å². The van der Waals surface area contributed by atoms with Gasteiger partial charge in [-0.1, -0.05) is 6.42 Å². The molecule has 2 aliphatic heterocycles. The molecule has 1 N–H and O–H groups in total. The highest BCUT2D eigenvalue weighted by Crippen LogP contribution is 2.37. The van der Waals surface area contributed by atoms with Crippen molar-refractivity contribution in [1.29, 1.82) is 0 Å². The zero-order valence-electron chi connectivity index (χ0n) is 12.8. The van der Waals surface area contributed by atoms with Crippen LogP contribution in [-0.4, -0.2) is 37.1 Å². The van der Waals surface area contributed by atoms with Crippen LogP contribution in [0.4, 0.5) is 5.69 Å². The molecule has 2 aliphatic rings. The first-order chi connectivity index (χ1) is 10.6. The zero-order valence-corrected chi connectivity index (χ0v) is 12.8. The van der Waals surface area contributed by atoms with Crippen LogP contribution in [0, 0.1) is 12.8 Å². The SMILES string of the molecule is Cc1cc2c(cc1NC(=O)[C@H]1CCCCN(C)C1=O)OCO2. The number of likely N-dealkylation sites (tertiary alicyclic amines) is 1. The summed E-state index contributed by atoms with van der Waals surface area (Å²) in [6, 6.07) is 3.58. The van der Waals surface area contributed by atoms with E-state index in [9.17, 15) is 9.59 Å². The van der Waals surface area contributed by atoms with Gasteiger partial charge in [0.25, 0.3) is 0 Å². The second-order valence-corrected chi connectivity index (χ2v) is 5.82. The summed E-state index contributed by atoms with van der Waals surface area (Å²) in [4.78, 5) is 26.4. The van der Waals surface area contributed by atoms with Gasteiger partial charge in [0.2, 0.25) is 18.6 Å². The Morgan fingerprint density at radius 3 is 2.77 bits per heavy atom. The van der Waals surface area contributed by atoms with E-state index in [0.29, 0.717) is 30.2 Å². The van der Waals surface area contributed by atoms with Gasteiger partial charge < -0.3 is 19.7 Å². The van der Waals surface area contributed by atoms with Crippen molar-refractivity contribution >= 4 is 17.5 Å². The topological polar surface area (TPSA) is 67.9 Å². The number of carbonyl (C=O) groups excluding carboxylic acids is 2. The van der Waals surface area contributed by atoms with E-state index in [1.807, 2.05) is 13.0 Å². The van der Waals surface area contributed by atoms with Crippen molar-refractivity contribution in [3.63, 3.8) is 0 Å². The van der Waals surface area contributed by atoms with Gasteiger partial charge >= 0.3 is 0 Å². The van der Waals surface area contributed by atoms with Gasteiger partial charge in [-0.15, -0.1) is 0 Å². The maximum Gasteiger partial charge on any atom is 0.236 e. The molecule has 6 heteroatoms. The van der Waals surface area contributed by atoms with Crippen molar-refractivity contribution in [2.24, 2.45) is 5.92 Å². The van der Waals surface area contributed by atoms with E-state index in [4.69, 9.17) is 9.47 Å². The smallest absolute Gasteiger partial charge is 0.236 e. The molecule has 118 valence electrons. The highest BCUT2D eigenvalue weighted by atomic mass is 16.7. The number of aryl methyl sites for hydroxylation is 1. The lowest BCUT2D eigenvalue weighted by Crippen LogP contribution is -2.38. The summed E-state index contributed by atoms with van der Waals surface area (Å²) >= 11 is 0. The summed E-state index contributed by atoms with van der Waals surface area (Å²) in [5.74, 6) is 0.331. The lowest BCUT2D eigenvalue weighted by molar-refractivity contribution is -0.138. The van der Waals surface area contributed by atoms with E-state index >= 15 is 0 Å². The van der Waals surface area contributed by atoms with E-state index in [1.54, 1.807) is 18.0 Å². The van der Waals surface area contributed by atoms with Crippen LogP contribution in [0.15, 0.2) is 12.1 Å². The molecule has 1 saturated heterocycles. The zero-order chi connectivity index (χ0) is 15.7. The van der Waals surface area contributed by atoms with Crippen molar-refractivity contribution in [3.8, 4) is 11.5 Å². The lowest BCUT2D eigenvalue weighted by atomic mass is 10.0. The fourth-order valence-electron chi connectivity index (χ4n) is 2.84. The number of carbonyl (C=O) groups is 2. The highest BCUT2D eigenvalue weighted by molar-refractivity contribution is 6.06. The number of fused-ring (bicyclic) bond motifs is 1. The number of anilines is 1. The van der Waals surface area contributed by atoms with Gasteiger partial charge in [-0.3, -0.25) is 9.59 Å². The molecule has 1 aromatic carbocycles. The molecule has 0 radical (unpaired) electrons. The second-order valence-electron chi connectivity index (χ2n) is 5.82. The van der Waals surface area contributed by atoms with Crippen LogP contribution in [-0.2, 0) is 9.59 Å². The molecule has 6 nitrogen and oxygen atoms in total. The van der Waals surface area contributed by atoms with Crippen LogP contribution >= 0.6 is 0 Å². The fourth-order valence-corrected chi connectivity index (χ4v) is 2.84. The molecular weight excluding hydrogens is 284 g/mol. The average molecular weight is 304 g/mol. The maximum absolute atomic E-state index is 12.5. The van der Waals surface area contributed by atoms with Crippen molar-refractivity contribution < 1.29 is 19.1 Å². The van der Waals surface area contributed by atoms with Gasteiger partial charge in [0.05, 0.1) is 0 Å². The van der Waals surface area contributed by atoms with Gasteiger partial charge in [-0.05, 0) is 31.4 Å². The number of nitrogens with one attached hydrogen (secondary N) is 1. The molecule has 2 amide bonds. The predicted octanol–water partition coefficient (Wildman–Crippen LogP) is 1.92. The molecule has 3 rings (SSSR count). The standard InChI is InChI=1S/C16H20N2O4/c1-10-7-13-14(22-9-21-13)8-12(10)17-15(19)11-5-3-4-6-18(2)16(11)20/h7-8,11H,3-6,9H2,1-2H3,(H,17,19)/t11-/m1/s1. The highest BCUT2D eigenvalue weighted by Gasteiger charge is 2.31. The van der Waals surface area contributed by atoms with Gasteiger partial charge in [-0.25, -0.2) is 0 Å². The summed E-state index contributed by atoms with van der Waals surface area (Å²) in [6.07, 6.45) is 2.42. The van der Waals surface area contributed by atoms with Crippen LogP contribution in [0.3, 0.4) is 0 Å². The molecule has 1 aromatic rings. The van der Waals surface area contributed by atoms with Gasteiger partial charge in [-0.2, -0.15) is 0 Å². The monoisotopic (exact) mass is 304 g/mol. The Kier molecular flexibility index (Phi) is 3.92. The summed E-state index contributed by atoms with van der Waals surface area (Å²) in [7, 11) is 1.75. The van der Waals surface area contributed by atoms with E-state index < -0.39 is 5.92 Å². The number of hydrogen-bond donors (Lipinski definition) is 1. The largest absolute Gasteiger partial charge is 0.454 e. The van der Waals surface area contributed by atoms with Gasteiger partial charge in [0, 0.05) is 25.3 Å². The van der Waals surface area contributed by atoms with Crippen molar-refractivity contribution in [2.75, 3.05) is 25.7 Å². The minimum atomic E-state index is -0.614. The third kappa shape index (κ3) is 2.73. The Morgan fingerprint density at radius 2 is 2.00 bits per heavy atom. The fraction of sp³-hybridized carbons (Fsp3) is 0.500. The normalized spacial score (nSPS) is 20.7. The van der Waals surface area contributed by atoms with E-state index in [2.05, 4.69) is 5.32 Å². The predicted molar refractivity (Wildman–Crippen MR) is 80.9 cm³/mol. The summed E-state index contributed by atoms with van der Waals surface area (Å²) in [6.45, 7) is 2.79. The minimum absolute atomic E-state index is 0.103. The lowest BCUT2D eigenvalue weighted by Gasteiger charge is -2.20. The van der Waals surface area contributed by atoms with E-state index in [0.717, 1.165) is 18.4 Å². The quantitative estimate of drug-likeness (QED) is 0.848. The Hall–Kier alpha value is -2.24. The van der Waals surface area contributed by atoms with Crippen LogP contribution < -0.4 is 14.8 Å². The summed E-state index contributed by atoms with van der Waals surface area (Å²) in [5.41, 5.74) is 1.54. The van der Waals surface area contributed by atoms with Crippen molar-refractivity contribution in [1.82, 2.24) is 4.90 Å². The molecule has 0 spiro atoms. The van der Waals surface area contributed by atoms with Crippen LogP contribution in [0.2, 0.25) is 0 Å². The molecule has 0 unspecified atom stereocenters. The minimum Gasteiger partial charge on any atom is -0.454 e. The van der Waals surface area contributed by atoms with Crippen LogP contribution in [0.25, 0.3) is 0 Å². The third-order valence-corrected chi connectivity index (χ3v) is 4.20. The second kappa shape index (κ2) is 5.87. The molecule has 22 heavy (non-hydrogen) atoms. The van der Waals surface area contributed by atoms with E-state index in [1.165, 1.54) is 0 Å². The Morgan fingerprint density at radius 1 is 1.27 bits per heavy atom. The number of benzene rings is 1. The number of amides is 2. The Balaban J connectivity index is 1.78. The van der Waals surface area contributed by atoms with Crippen LogP contribution in [0.5, 0.6) is 11.5 Å². The maximum atomic E-state index is 12.5. The molecular formula is C16H20N2O4. The molecule has 0 saturated carbocycles. The number of nitrogens with zero attached hydrogens (tertiary/aromatic N) is 1. The first kappa shape index (κ1) is 14.7. The number of hydrogen-bond acceptors (Lipinski definition) is 4. The summed E-state index contributed by atoms with van der Waals surface area (Å²) in [5, 5.41) is 2.87.